The second-order valence-corrected chi connectivity index (χ2v) is 20.8. The monoisotopic (exact) mass is 1010 g/mol. The van der Waals surface area contributed by atoms with Crippen LogP contribution in [0.15, 0.2) is 24.3 Å². The summed E-state index contributed by atoms with van der Waals surface area (Å²) in [5.74, 6) is -0.246. The Hall–Kier alpha value is -1.53. The Balaban J connectivity index is 1.80. The number of aliphatic hydroxyl groups excluding tert-OH is 8. The van der Waals surface area contributed by atoms with Crippen molar-refractivity contribution in [1.29, 1.82) is 0 Å². The lowest BCUT2D eigenvalue weighted by Gasteiger charge is -2.46. The number of nitrogens with one attached hydrogen (secondary N) is 1. The highest BCUT2D eigenvalue weighted by molar-refractivity contribution is 5.76. The molecular weight excluding hydrogens is 907 g/mol. The molecule has 0 aromatic rings. The van der Waals surface area contributed by atoms with Crippen molar-refractivity contribution in [3.63, 3.8) is 0 Å². The first-order valence-corrected chi connectivity index (χ1v) is 29.1. The minimum absolute atomic E-state index is 0.246. The standard InChI is InChI=1S/C57H107NO13/c1-3-5-7-9-11-13-15-17-19-21-22-23-24-25-26-28-30-32-34-36-38-40-46(61)45(58-49(62)41-39-37-35-33-31-29-27-20-18-16-14-12-10-8-6-4-2)44-68-56-54(67)52(65)55(48(43-60)70-56)71-57-53(66)51(64)50(63)47(42-59)69-57/h30,32,38,40,45-48,50-57,59-61,63-67H,3-29,31,33-37,39,41-44H2,1-2H3,(H,58,62)/b32-30+,40-38+. The highest BCUT2D eigenvalue weighted by Gasteiger charge is 2.51. The predicted molar refractivity (Wildman–Crippen MR) is 282 cm³/mol. The van der Waals surface area contributed by atoms with Crippen molar-refractivity contribution in [2.45, 2.75) is 312 Å². The molecule has 14 heteroatoms. The van der Waals surface area contributed by atoms with Gasteiger partial charge in [0.2, 0.25) is 5.91 Å². The quantitative estimate of drug-likeness (QED) is 0.0205. The summed E-state index contributed by atoms with van der Waals surface area (Å²) in [6.07, 6.45) is 33.6. The SMILES string of the molecule is CCCCCCCCCCCCCCCCC/C=C/CC/C=C/C(O)C(COC1OC(CO)C(OC2OC(CO)C(O)C(O)C2O)C(O)C1O)NC(=O)CCCCCCCCCCCCCCCCCC. The third kappa shape index (κ3) is 30.0. The number of unbranched alkanes of at least 4 members (excludes halogenated alkanes) is 31. The van der Waals surface area contributed by atoms with E-state index >= 15 is 0 Å². The molecule has 0 aliphatic carbocycles. The largest absolute Gasteiger partial charge is 0.394 e. The molecule has 0 aromatic heterocycles. The van der Waals surface area contributed by atoms with Crippen molar-refractivity contribution in [3.05, 3.63) is 24.3 Å². The number of ether oxygens (including phenoxy) is 4. The van der Waals surface area contributed by atoms with E-state index in [0.717, 1.165) is 32.1 Å². The zero-order chi connectivity index (χ0) is 51.7. The van der Waals surface area contributed by atoms with Gasteiger partial charge in [-0.25, -0.2) is 0 Å². The summed E-state index contributed by atoms with van der Waals surface area (Å²) in [5.41, 5.74) is 0. The first kappa shape index (κ1) is 65.6. The van der Waals surface area contributed by atoms with E-state index in [1.54, 1.807) is 6.08 Å². The lowest BCUT2D eigenvalue weighted by Crippen LogP contribution is -2.65. The third-order valence-electron chi connectivity index (χ3n) is 14.4. The van der Waals surface area contributed by atoms with Gasteiger partial charge in [0.05, 0.1) is 32.0 Å². The Bertz CT molecular complexity index is 1290. The summed E-state index contributed by atoms with van der Waals surface area (Å²) in [6.45, 7) is 2.80. The van der Waals surface area contributed by atoms with Crippen LogP contribution in [-0.2, 0) is 23.7 Å². The molecule has 0 bridgehead atoms. The van der Waals surface area contributed by atoms with E-state index in [1.807, 2.05) is 6.08 Å². The molecule has 1 amide bonds. The van der Waals surface area contributed by atoms with Crippen molar-refractivity contribution in [3.8, 4) is 0 Å². The van der Waals surface area contributed by atoms with Crippen LogP contribution in [0.4, 0.5) is 0 Å². The summed E-state index contributed by atoms with van der Waals surface area (Å²) < 4.78 is 22.7. The van der Waals surface area contributed by atoms with E-state index in [2.05, 4.69) is 31.3 Å². The normalized spacial score (nSPS) is 25.9. The lowest BCUT2D eigenvalue weighted by atomic mass is 9.97. The Labute approximate surface area is 430 Å². The predicted octanol–water partition coefficient (Wildman–Crippen LogP) is 9.28. The highest BCUT2D eigenvalue weighted by atomic mass is 16.7. The Morgan fingerprint density at radius 2 is 0.901 bits per heavy atom. The first-order chi connectivity index (χ1) is 34.6. The number of carbonyl (C=O) groups is 1. The summed E-state index contributed by atoms with van der Waals surface area (Å²) in [6, 6.07) is -0.927. The summed E-state index contributed by atoms with van der Waals surface area (Å²) in [7, 11) is 0. The van der Waals surface area contributed by atoms with Crippen LogP contribution in [0.1, 0.15) is 239 Å². The molecule has 71 heavy (non-hydrogen) atoms. The highest BCUT2D eigenvalue weighted by Crippen LogP contribution is 2.30. The molecule has 12 unspecified atom stereocenters. The van der Waals surface area contributed by atoms with Crippen LogP contribution in [0.5, 0.6) is 0 Å². The number of rotatable bonds is 46. The van der Waals surface area contributed by atoms with E-state index in [-0.39, 0.29) is 18.9 Å². The fraction of sp³-hybridized carbons (Fsp3) is 0.912. The second-order valence-electron chi connectivity index (χ2n) is 20.8. The Kier molecular flexibility index (Phi) is 40.4. The van der Waals surface area contributed by atoms with Gasteiger partial charge in [-0.3, -0.25) is 4.79 Å². The van der Waals surface area contributed by atoms with Crippen LogP contribution in [0.2, 0.25) is 0 Å². The van der Waals surface area contributed by atoms with Crippen LogP contribution in [-0.4, -0.2) is 140 Å². The van der Waals surface area contributed by atoms with Crippen molar-refractivity contribution >= 4 is 5.91 Å². The smallest absolute Gasteiger partial charge is 0.220 e. The van der Waals surface area contributed by atoms with E-state index in [4.69, 9.17) is 18.9 Å². The second kappa shape index (κ2) is 43.7. The molecule has 418 valence electrons. The zero-order valence-electron chi connectivity index (χ0n) is 44.7. The number of hydrogen-bond donors (Lipinski definition) is 9. The van der Waals surface area contributed by atoms with E-state index < -0.39 is 86.8 Å². The van der Waals surface area contributed by atoms with E-state index in [9.17, 15) is 45.6 Å². The molecule has 0 spiro atoms. The molecule has 14 nitrogen and oxygen atoms in total. The molecule has 0 aromatic carbocycles. The molecule has 2 heterocycles. The molecule has 0 radical (unpaired) electrons. The number of hydrogen-bond acceptors (Lipinski definition) is 13. The van der Waals surface area contributed by atoms with Gasteiger partial charge in [0.1, 0.15) is 48.8 Å². The van der Waals surface area contributed by atoms with E-state index in [1.165, 1.54) is 173 Å². The fourth-order valence-electron chi connectivity index (χ4n) is 9.66. The fourth-order valence-corrected chi connectivity index (χ4v) is 9.66. The van der Waals surface area contributed by atoms with Gasteiger partial charge in [0.25, 0.3) is 0 Å². The molecule has 2 rings (SSSR count). The van der Waals surface area contributed by atoms with Crippen LogP contribution in [0.25, 0.3) is 0 Å². The average molecular weight is 1010 g/mol. The summed E-state index contributed by atoms with van der Waals surface area (Å²) >= 11 is 0. The maximum absolute atomic E-state index is 13.2. The summed E-state index contributed by atoms with van der Waals surface area (Å²) in [4.78, 5) is 13.2. The molecule has 2 saturated heterocycles. The van der Waals surface area contributed by atoms with Crippen molar-refractivity contribution in [2.24, 2.45) is 0 Å². The molecule has 12 atom stereocenters. The minimum Gasteiger partial charge on any atom is -0.394 e. The van der Waals surface area contributed by atoms with Crippen LogP contribution < -0.4 is 5.32 Å². The molecular formula is C57H107NO13. The van der Waals surface area contributed by atoms with Gasteiger partial charge in [-0.05, 0) is 32.1 Å². The van der Waals surface area contributed by atoms with Crippen molar-refractivity contribution in [1.82, 2.24) is 5.32 Å². The lowest BCUT2D eigenvalue weighted by molar-refractivity contribution is -0.359. The molecule has 2 aliphatic heterocycles. The Morgan fingerprint density at radius 1 is 0.493 bits per heavy atom. The summed E-state index contributed by atoms with van der Waals surface area (Å²) in [5, 5.41) is 87.0. The van der Waals surface area contributed by atoms with Gasteiger partial charge in [0.15, 0.2) is 12.6 Å². The zero-order valence-corrected chi connectivity index (χ0v) is 44.7. The molecule has 2 fully saturated rings. The third-order valence-corrected chi connectivity index (χ3v) is 14.4. The van der Waals surface area contributed by atoms with Gasteiger partial charge < -0.3 is 65.1 Å². The maximum Gasteiger partial charge on any atom is 0.220 e. The number of aliphatic hydroxyl groups is 8. The van der Waals surface area contributed by atoms with Gasteiger partial charge in [-0.15, -0.1) is 0 Å². The topological polar surface area (TPSA) is 228 Å². The van der Waals surface area contributed by atoms with E-state index in [0.29, 0.717) is 12.8 Å². The first-order valence-electron chi connectivity index (χ1n) is 29.1. The molecule has 0 saturated carbocycles. The van der Waals surface area contributed by atoms with Gasteiger partial charge in [-0.1, -0.05) is 224 Å². The van der Waals surface area contributed by atoms with Gasteiger partial charge in [0, 0.05) is 6.42 Å². The van der Waals surface area contributed by atoms with Gasteiger partial charge >= 0.3 is 0 Å². The number of allylic oxidation sites excluding steroid dienone is 3. The number of amides is 1. The van der Waals surface area contributed by atoms with Gasteiger partial charge in [-0.2, -0.15) is 0 Å². The number of carbonyl (C=O) groups excluding carboxylic acids is 1. The van der Waals surface area contributed by atoms with Crippen molar-refractivity contribution in [2.75, 3.05) is 19.8 Å². The molecule has 2 aliphatic rings. The molecule has 9 N–H and O–H groups in total. The maximum atomic E-state index is 13.2. The van der Waals surface area contributed by atoms with Crippen LogP contribution >= 0.6 is 0 Å². The van der Waals surface area contributed by atoms with Crippen LogP contribution in [0.3, 0.4) is 0 Å². The average Bonchev–Trinajstić information content (AvgIpc) is 3.37. The Morgan fingerprint density at radius 3 is 1.38 bits per heavy atom. The van der Waals surface area contributed by atoms with Crippen LogP contribution in [0, 0.1) is 0 Å². The minimum atomic E-state index is -1.79. The van der Waals surface area contributed by atoms with Crippen molar-refractivity contribution < 1.29 is 64.6 Å².